The van der Waals surface area contributed by atoms with Crippen LogP contribution in [0.4, 0.5) is 0 Å². The number of methoxy groups -OCH3 is 3. The van der Waals surface area contributed by atoms with Crippen LogP contribution in [-0.2, 0) is 19.0 Å². The molecule has 126 valence electrons. The Hall–Kier alpha value is -1.99. The lowest BCUT2D eigenvalue weighted by Crippen LogP contribution is -2.21. The van der Waals surface area contributed by atoms with E-state index in [-0.39, 0.29) is 17.8 Å². The lowest BCUT2D eigenvalue weighted by Gasteiger charge is -2.21. The molecule has 0 fully saturated rings. The summed E-state index contributed by atoms with van der Waals surface area (Å²) < 4.78 is 15.3. The van der Waals surface area contributed by atoms with Crippen LogP contribution in [0, 0.1) is 5.92 Å². The zero-order valence-corrected chi connectivity index (χ0v) is 14.7. The van der Waals surface area contributed by atoms with Gasteiger partial charge in [-0.1, -0.05) is 13.0 Å². The van der Waals surface area contributed by atoms with Crippen LogP contribution in [0.5, 0.6) is 0 Å². The average molecular weight is 339 g/mol. The Bertz CT molecular complexity index is 605. The summed E-state index contributed by atoms with van der Waals surface area (Å²) in [5.41, 5.74) is 0.686. The van der Waals surface area contributed by atoms with E-state index >= 15 is 0 Å². The third-order valence-corrected chi connectivity index (χ3v) is 4.15. The highest BCUT2D eigenvalue weighted by atomic mass is 32.1. The van der Waals surface area contributed by atoms with Crippen molar-refractivity contribution in [2.75, 3.05) is 21.3 Å². The number of hydrogen-bond acceptors (Lipinski definition) is 7. The van der Waals surface area contributed by atoms with Gasteiger partial charge in [0.25, 0.3) is 0 Å². The lowest BCUT2D eigenvalue weighted by molar-refractivity contribution is -0.135. The number of ketones is 1. The van der Waals surface area contributed by atoms with Gasteiger partial charge in [0.1, 0.15) is 5.76 Å². The molecule has 1 aromatic heterocycles. The highest BCUT2D eigenvalue weighted by Gasteiger charge is 2.20. The van der Waals surface area contributed by atoms with Gasteiger partial charge in [-0.2, -0.15) is 0 Å². The fourth-order valence-electron chi connectivity index (χ4n) is 1.88. The first-order valence-corrected chi connectivity index (χ1v) is 7.81. The van der Waals surface area contributed by atoms with Gasteiger partial charge in [-0.25, -0.2) is 9.78 Å². The summed E-state index contributed by atoms with van der Waals surface area (Å²) in [6.45, 7) is 3.35. The van der Waals surface area contributed by atoms with Crippen LogP contribution >= 0.6 is 11.3 Å². The quantitative estimate of drug-likeness (QED) is 0.314. The molecule has 0 aromatic carbocycles. The van der Waals surface area contributed by atoms with Crippen LogP contribution in [0.1, 0.15) is 29.3 Å². The number of aromatic nitrogens is 1. The summed E-state index contributed by atoms with van der Waals surface area (Å²) in [5.74, 6) is -0.297. The molecule has 7 heteroatoms. The van der Waals surface area contributed by atoms with Crippen LogP contribution in [-0.4, -0.2) is 44.2 Å². The number of nitrogens with zero attached hydrogens (tertiary/aromatic N) is 1. The van der Waals surface area contributed by atoms with Crippen LogP contribution < -0.4 is 0 Å². The molecular weight excluding hydrogens is 318 g/mol. The average Bonchev–Trinajstić information content (AvgIpc) is 3.01. The van der Waals surface area contributed by atoms with Gasteiger partial charge in [0.15, 0.2) is 10.8 Å². The summed E-state index contributed by atoms with van der Waals surface area (Å²) in [6.07, 6.45) is 4.56. The molecule has 0 radical (unpaired) electrons. The molecule has 0 N–H and O–H groups in total. The van der Waals surface area contributed by atoms with E-state index in [1.54, 1.807) is 18.6 Å². The topological polar surface area (TPSA) is 74.7 Å². The van der Waals surface area contributed by atoms with Gasteiger partial charge >= 0.3 is 5.97 Å². The first kappa shape index (κ1) is 19.1. The number of ether oxygens (including phenoxy) is 3. The fraction of sp³-hybridized carbons (Fsp3) is 0.438. The molecular formula is C16H21NO5S. The van der Waals surface area contributed by atoms with Gasteiger partial charge in [-0.05, 0) is 6.08 Å². The molecule has 1 aromatic rings. The second kappa shape index (κ2) is 9.22. The van der Waals surface area contributed by atoms with Crippen molar-refractivity contribution in [2.45, 2.75) is 20.0 Å². The summed E-state index contributed by atoms with van der Waals surface area (Å²) in [6, 6.07) is 0. The van der Waals surface area contributed by atoms with Crippen molar-refractivity contribution < 1.29 is 23.8 Å². The summed E-state index contributed by atoms with van der Waals surface area (Å²) in [7, 11) is 4.36. The Kier molecular flexibility index (Phi) is 7.64. The highest BCUT2D eigenvalue weighted by Crippen LogP contribution is 2.20. The predicted octanol–water partition coefficient (Wildman–Crippen LogP) is 2.71. The molecule has 2 atom stereocenters. The van der Waals surface area contributed by atoms with E-state index in [1.165, 1.54) is 38.6 Å². The summed E-state index contributed by atoms with van der Waals surface area (Å²) >= 11 is 1.30. The van der Waals surface area contributed by atoms with Gasteiger partial charge in [-0.3, -0.25) is 4.79 Å². The Morgan fingerprint density at radius 1 is 1.26 bits per heavy atom. The van der Waals surface area contributed by atoms with Crippen LogP contribution in [0.15, 0.2) is 23.3 Å². The number of hydrogen-bond donors (Lipinski definition) is 0. The van der Waals surface area contributed by atoms with Crippen molar-refractivity contribution in [1.82, 2.24) is 4.98 Å². The molecule has 0 spiro atoms. The second-order valence-electron chi connectivity index (χ2n) is 4.76. The molecule has 2 unspecified atom stereocenters. The monoisotopic (exact) mass is 339 g/mol. The normalized spacial score (nSPS) is 14.6. The van der Waals surface area contributed by atoms with Crippen molar-refractivity contribution in [1.29, 1.82) is 0 Å². The number of esters is 1. The number of Topliss-reactive ketones (excluding diaryl/α,β-unsaturated/α-hetero) is 1. The van der Waals surface area contributed by atoms with Gasteiger partial charge in [0.2, 0.25) is 0 Å². The largest absolute Gasteiger partial charge is 0.500 e. The zero-order chi connectivity index (χ0) is 17.4. The van der Waals surface area contributed by atoms with Crippen molar-refractivity contribution in [2.24, 2.45) is 5.92 Å². The Morgan fingerprint density at radius 2 is 1.96 bits per heavy atom. The van der Waals surface area contributed by atoms with Gasteiger partial charge in [0.05, 0.1) is 32.1 Å². The van der Waals surface area contributed by atoms with Crippen molar-refractivity contribution >= 4 is 29.2 Å². The molecule has 0 aliphatic rings. The maximum atomic E-state index is 11.4. The standard InChI is InChI=1S/C16H21NO5S/c1-10(14(21-4)8-15(19)22-5)13(20-3)7-6-12-9-23-16(17-12)11(2)18/h6-10,13H,1-5H3. The lowest BCUT2D eigenvalue weighted by atomic mass is 10.0. The molecule has 23 heavy (non-hydrogen) atoms. The van der Waals surface area contributed by atoms with Crippen LogP contribution in [0.3, 0.4) is 0 Å². The molecule has 0 bridgehead atoms. The maximum absolute atomic E-state index is 11.4. The third kappa shape index (κ3) is 5.61. The summed E-state index contributed by atoms with van der Waals surface area (Å²) in [4.78, 5) is 26.8. The van der Waals surface area contributed by atoms with E-state index in [1.807, 2.05) is 13.0 Å². The van der Waals surface area contributed by atoms with Crippen LogP contribution in [0.2, 0.25) is 0 Å². The van der Waals surface area contributed by atoms with Crippen molar-refractivity contribution in [3.8, 4) is 0 Å². The minimum Gasteiger partial charge on any atom is -0.500 e. The Labute approximate surface area is 139 Å². The molecule has 0 amide bonds. The Balaban J connectivity index is 2.89. The third-order valence-electron chi connectivity index (χ3n) is 3.19. The molecule has 1 rings (SSSR count). The summed E-state index contributed by atoms with van der Waals surface area (Å²) in [5, 5.41) is 2.27. The first-order chi connectivity index (χ1) is 10.9. The maximum Gasteiger partial charge on any atom is 0.333 e. The molecule has 0 saturated carbocycles. The number of rotatable bonds is 8. The van der Waals surface area contributed by atoms with E-state index in [0.717, 1.165) is 0 Å². The van der Waals surface area contributed by atoms with Crippen molar-refractivity contribution in [3.63, 3.8) is 0 Å². The van der Waals surface area contributed by atoms with Gasteiger partial charge in [-0.15, -0.1) is 11.3 Å². The molecule has 6 nitrogen and oxygen atoms in total. The molecule has 0 aliphatic heterocycles. The highest BCUT2D eigenvalue weighted by molar-refractivity contribution is 7.11. The van der Waals surface area contributed by atoms with E-state index in [0.29, 0.717) is 16.5 Å². The predicted molar refractivity (Wildman–Crippen MR) is 88.2 cm³/mol. The van der Waals surface area contributed by atoms with Gasteiger partial charge < -0.3 is 14.2 Å². The van der Waals surface area contributed by atoms with Crippen LogP contribution in [0.25, 0.3) is 6.08 Å². The van der Waals surface area contributed by atoms with E-state index in [4.69, 9.17) is 9.47 Å². The SMILES string of the molecule is COC(=O)C=C(OC)C(C)C(C=Cc1csc(C(C)=O)n1)OC. The number of carbonyl (C=O) groups is 2. The molecule has 1 heterocycles. The van der Waals surface area contributed by atoms with Crippen molar-refractivity contribution in [3.05, 3.63) is 34.0 Å². The van der Waals surface area contributed by atoms with E-state index < -0.39 is 5.97 Å². The second-order valence-corrected chi connectivity index (χ2v) is 5.61. The molecule has 0 saturated heterocycles. The Morgan fingerprint density at radius 3 is 2.43 bits per heavy atom. The minimum absolute atomic E-state index is 0.0611. The van der Waals surface area contributed by atoms with Gasteiger partial charge in [0, 0.05) is 25.3 Å². The van der Waals surface area contributed by atoms with E-state index in [2.05, 4.69) is 9.72 Å². The minimum atomic E-state index is -0.488. The first-order valence-electron chi connectivity index (χ1n) is 6.93. The zero-order valence-electron chi connectivity index (χ0n) is 13.9. The number of thiazole rings is 1. The van der Waals surface area contributed by atoms with E-state index in [9.17, 15) is 9.59 Å². The fourth-order valence-corrected chi connectivity index (χ4v) is 2.57. The smallest absolute Gasteiger partial charge is 0.333 e. The number of carbonyl (C=O) groups excluding carboxylic acids is 2. The molecule has 0 aliphatic carbocycles.